The molecule has 1 aromatic rings. The van der Waals surface area contributed by atoms with Gasteiger partial charge >= 0.3 is 0 Å². The number of aliphatic hydroxyl groups is 1. The first kappa shape index (κ1) is 11.8. The molecule has 5 heteroatoms. The van der Waals surface area contributed by atoms with E-state index in [1.54, 1.807) is 18.3 Å². The second-order valence-electron chi connectivity index (χ2n) is 4.26. The summed E-state index contributed by atoms with van der Waals surface area (Å²) < 4.78 is 5.34. The fourth-order valence-electron chi connectivity index (χ4n) is 1.82. The molecular weight excluding hydrogens is 218 g/mol. The van der Waals surface area contributed by atoms with Crippen molar-refractivity contribution in [1.29, 1.82) is 5.26 Å². The number of aromatic nitrogens is 1. The Kier molecular flexibility index (Phi) is 3.27. The van der Waals surface area contributed by atoms with Gasteiger partial charge in [0, 0.05) is 19.6 Å². The number of nitriles is 1. The van der Waals surface area contributed by atoms with Crippen molar-refractivity contribution in [2.24, 2.45) is 0 Å². The first-order chi connectivity index (χ1) is 8.14. The number of pyridine rings is 1. The third kappa shape index (κ3) is 2.54. The van der Waals surface area contributed by atoms with Crippen LogP contribution in [-0.4, -0.2) is 34.9 Å². The molecule has 2 rings (SSSR count). The lowest BCUT2D eigenvalue weighted by Gasteiger charge is -2.26. The van der Waals surface area contributed by atoms with Crippen LogP contribution >= 0.6 is 0 Å². The third-order valence-corrected chi connectivity index (χ3v) is 3.14. The van der Waals surface area contributed by atoms with E-state index in [0.717, 1.165) is 5.69 Å². The van der Waals surface area contributed by atoms with Gasteiger partial charge in [-0.1, -0.05) is 0 Å². The van der Waals surface area contributed by atoms with Crippen LogP contribution in [-0.2, 0) is 4.74 Å². The van der Waals surface area contributed by atoms with E-state index in [9.17, 15) is 5.11 Å². The van der Waals surface area contributed by atoms with E-state index in [4.69, 9.17) is 10.00 Å². The third-order valence-electron chi connectivity index (χ3n) is 3.14. The van der Waals surface area contributed by atoms with Gasteiger partial charge in [0.05, 0.1) is 18.0 Å². The molecule has 90 valence electrons. The molecule has 0 bridgehead atoms. The molecule has 5 nitrogen and oxygen atoms in total. The molecule has 0 spiro atoms. The Morgan fingerprint density at radius 1 is 1.71 bits per heavy atom. The molecular formula is C12H15N3O2. The van der Waals surface area contributed by atoms with Crippen LogP contribution < -0.4 is 5.32 Å². The van der Waals surface area contributed by atoms with Crippen molar-refractivity contribution in [3.8, 4) is 6.07 Å². The number of hydrogen-bond donors (Lipinski definition) is 2. The molecule has 1 aliphatic heterocycles. The van der Waals surface area contributed by atoms with Gasteiger partial charge in [0.25, 0.3) is 0 Å². The van der Waals surface area contributed by atoms with Gasteiger partial charge in [-0.3, -0.25) is 0 Å². The summed E-state index contributed by atoms with van der Waals surface area (Å²) in [7, 11) is 0. The van der Waals surface area contributed by atoms with Gasteiger partial charge in [-0.05, 0) is 19.1 Å². The monoisotopic (exact) mass is 233 g/mol. The van der Waals surface area contributed by atoms with Crippen LogP contribution in [0.25, 0.3) is 0 Å². The van der Waals surface area contributed by atoms with Gasteiger partial charge in [-0.15, -0.1) is 0 Å². The minimum absolute atomic E-state index is 0.165. The second kappa shape index (κ2) is 4.70. The highest BCUT2D eigenvalue weighted by atomic mass is 16.5. The van der Waals surface area contributed by atoms with Gasteiger partial charge in [0.2, 0.25) is 0 Å². The number of anilines is 1. The fraction of sp³-hybridized carbons (Fsp3) is 0.500. The first-order valence-electron chi connectivity index (χ1n) is 5.58. The standard InChI is InChI=1S/C12H15N3O2/c1-9-12(16,4-5-17-9)8-15-11-3-2-10(6-13)14-7-11/h2-3,7,9,15-16H,4-5,8H2,1H3. The summed E-state index contributed by atoms with van der Waals surface area (Å²) in [6.45, 7) is 2.87. The Morgan fingerprint density at radius 3 is 3.06 bits per heavy atom. The van der Waals surface area contributed by atoms with E-state index in [0.29, 0.717) is 25.3 Å². The highest BCUT2D eigenvalue weighted by Crippen LogP contribution is 2.25. The molecule has 0 aliphatic carbocycles. The quantitative estimate of drug-likeness (QED) is 0.811. The smallest absolute Gasteiger partial charge is 0.140 e. The summed E-state index contributed by atoms with van der Waals surface area (Å²) in [5, 5.41) is 22.0. The normalized spacial score (nSPS) is 27.7. The Hall–Kier alpha value is -1.64. The average molecular weight is 233 g/mol. The number of ether oxygens (including phenoxy) is 1. The predicted octanol–water partition coefficient (Wildman–Crippen LogP) is 0.905. The van der Waals surface area contributed by atoms with Crippen molar-refractivity contribution in [3.05, 3.63) is 24.0 Å². The van der Waals surface area contributed by atoms with Crippen LogP contribution in [0.2, 0.25) is 0 Å². The predicted molar refractivity (Wildman–Crippen MR) is 62.4 cm³/mol. The zero-order valence-electron chi connectivity index (χ0n) is 9.68. The summed E-state index contributed by atoms with van der Waals surface area (Å²) in [6.07, 6.45) is 2.05. The Morgan fingerprint density at radius 2 is 2.53 bits per heavy atom. The van der Waals surface area contributed by atoms with E-state index in [2.05, 4.69) is 10.3 Å². The number of hydrogen-bond acceptors (Lipinski definition) is 5. The van der Waals surface area contributed by atoms with Crippen molar-refractivity contribution in [2.75, 3.05) is 18.5 Å². The lowest BCUT2D eigenvalue weighted by Crippen LogP contribution is -2.43. The molecule has 0 radical (unpaired) electrons. The van der Waals surface area contributed by atoms with E-state index in [-0.39, 0.29) is 6.10 Å². The fourth-order valence-corrected chi connectivity index (χ4v) is 1.82. The molecule has 0 saturated carbocycles. The highest BCUT2D eigenvalue weighted by Gasteiger charge is 2.39. The van der Waals surface area contributed by atoms with Crippen LogP contribution in [0, 0.1) is 11.3 Å². The maximum Gasteiger partial charge on any atom is 0.140 e. The second-order valence-corrected chi connectivity index (χ2v) is 4.26. The van der Waals surface area contributed by atoms with Crippen LogP contribution in [0.3, 0.4) is 0 Å². The molecule has 2 unspecified atom stereocenters. The molecule has 1 aromatic heterocycles. The Bertz CT molecular complexity index is 426. The molecule has 0 aromatic carbocycles. The number of nitrogens with one attached hydrogen (secondary N) is 1. The number of rotatable bonds is 3. The summed E-state index contributed by atoms with van der Waals surface area (Å²) in [4.78, 5) is 3.95. The number of nitrogens with zero attached hydrogens (tertiary/aromatic N) is 2. The highest BCUT2D eigenvalue weighted by molar-refractivity contribution is 5.43. The largest absolute Gasteiger partial charge is 0.385 e. The summed E-state index contributed by atoms with van der Waals surface area (Å²) in [6, 6.07) is 5.37. The van der Waals surface area contributed by atoms with Crippen molar-refractivity contribution in [3.63, 3.8) is 0 Å². The van der Waals surface area contributed by atoms with E-state index >= 15 is 0 Å². The molecule has 0 amide bonds. The van der Waals surface area contributed by atoms with Crippen molar-refractivity contribution in [2.45, 2.75) is 25.0 Å². The van der Waals surface area contributed by atoms with Gasteiger partial charge in [0.1, 0.15) is 17.4 Å². The summed E-state index contributed by atoms with van der Waals surface area (Å²) in [5.74, 6) is 0. The van der Waals surface area contributed by atoms with Crippen LogP contribution in [0.15, 0.2) is 18.3 Å². The van der Waals surface area contributed by atoms with Crippen molar-refractivity contribution >= 4 is 5.69 Å². The van der Waals surface area contributed by atoms with Gasteiger partial charge < -0.3 is 15.2 Å². The van der Waals surface area contributed by atoms with Gasteiger partial charge in [-0.2, -0.15) is 5.26 Å². The molecule has 1 saturated heterocycles. The van der Waals surface area contributed by atoms with Crippen molar-refractivity contribution in [1.82, 2.24) is 4.98 Å². The lowest BCUT2D eigenvalue weighted by atomic mass is 9.97. The molecule has 2 atom stereocenters. The van der Waals surface area contributed by atoms with Crippen LogP contribution in [0.5, 0.6) is 0 Å². The molecule has 1 fully saturated rings. The maximum absolute atomic E-state index is 10.3. The SMILES string of the molecule is CC1OCCC1(O)CNc1ccc(C#N)nc1. The van der Waals surface area contributed by atoms with Crippen LogP contribution in [0.1, 0.15) is 19.0 Å². The minimum atomic E-state index is -0.825. The summed E-state index contributed by atoms with van der Waals surface area (Å²) in [5.41, 5.74) is 0.344. The zero-order chi connectivity index (χ0) is 12.3. The van der Waals surface area contributed by atoms with Gasteiger partial charge in [-0.25, -0.2) is 4.98 Å². The van der Waals surface area contributed by atoms with Crippen LogP contribution in [0.4, 0.5) is 5.69 Å². The first-order valence-corrected chi connectivity index (χ1v) is 5.58. The van der Waals surface area contributed by atoms with Crippen molar-refractivity contribution < 1.29 is 9.84 Å². The molecule has 2 heterocycles. The Labute approximate surface area is 100 Å². The van der Waals surface area contributed by atoms with E-state index < -0.39 is 5.60 Å². The minimum Gasteiger partial charge on any atom is -0.385 e. The summed E-state index contributed by atoms with van der Waals surface area (Å²) >= 11 is 0. The Balaban J connectivity index is 1.95. The van der Waals surface area contributed by atoms with E-state index in [1.807, 2.05) is 13.0 Å². The molecule has 17 heavy (non-hydrogen) atoms. The molecule has 2 N–H and O–H groups in total. The zero-order valence-corrected chi connectivity index (χ0v) is 9.68. The lowest BCUT2D eigenvalue weighted by molar-refractivity contribution is -0.0175. The average Bonchev–Trinajstić information content (AvgIpc) is 2.68. The maximum atomic E-state index is 10.3. The van der Waals surface area contributed by atoms with Gasteiger partial charge in [0.15, 0.2) is 0 Å². The van der Waals surface area contributed by atoms with E-state index in [1.165, 1.54) is 0 Å². The molecule has 1 aliphatic rings. The topological polar surface area (TPSA) is 78.2 Å².